The molecule has 0 radical (unpaired) electrons. The van der Waals surface area contributed by atoms with Gasteiger partial charge in [-0.3, -0.25) is 4.99 Å². The van der Waals surface area contributed by atoms with Gasteiger partial charge >= 0.3 is 0 Å². The van der Waals surface area contributed by atoms with Crippen molar-refractivity contribution in [3.05, 3.63) is 47.5 Å². The minimum absolute atomic E-state index is 0.0178. The van der Waals surface area contributed by atoms with Gasteiger partial charge in [0, 0.05) is 13.6 Å². The average molecular weight is 402 g/mol. The van der Waals surface area contributed by atoms with Crippen molar-refractivity contribution >= 4 is 5.96 Å². The molecule has 0 aromatic heterocycles. The topological polar surface area (TPSA) is 73.3 Å². The monoisotopic (exact) mass is 401 g/mol. The summed E-state index contributed by atoms with van der Waals surface area (Å²) in [5, 5.41) is 6.57. The SMILES string of the molecule is CN=C(NCc1cc(OC)c(OC)c(OC)c1)NCC(C)Oc1ccccc1C. The zero-order chi connectivity index (χ0) is 21.2. The van der Waals surface area contributed by atoms with E-state index in [0.717, 1.165) is 16.9 Å². The van der Waals surface area contributed by atoms with E-state index >= 15 is 0 Å². The Morgan fingerprint density at radius 3 is 2.17 bits per heavy atom. The molecule has 7 nitrogen and oxygen atoms in total. The van der Waals surface area contributed by atoms with E-state index in [4.69, 9.17) is 18.9 Å². The number of aliphatic imine (C=N–C) groups is 1. The van der Waals surface area contributed by atoms with E-state index < -0.39 is 0 Å². The summed E-state index contributed by atoms with van der Waals surface area (Å²) < 4.78 is 22.2. The molecule has 29 heavy (non-hydrogen) atoms. The van der Waals surface area contributed by atoms with E-state index in [1.807, 2.05) is 50.2 Å². The van der Waals surface area contributed by atoms with Crippen molar-refractivity contribution in [3.63, 3.8) is 0 Å². The van der Waals surface area contributed by atoms with Gasteiger partial charge in [-0.05, 0) is 43.2 Å². The summed E-state index contributed by atoms with van der Waals surface area (Å²) in [5.41, 5.74) is 2.09. The van der Waals surface area contributed by atoms with Crippen LogP contribution in [0.5, 0.6) is 23.0 Å². The molecule has 0 spiro atoms. The highest BCUT2D eigenvalue weighted by atomic mass is 16.5. The van der Waals surface area contributed by atoms with Crippen molar-refractivity contribution < 1.29 is 18.9 Å². The summed E-state index contributed by atoms with van der Waals surface area (Å²) in [6, 6.07) is 11.8. The number of hydrogen-bond donors (Lipinski definition) is 2. The van der Waals surface area contributed by atoms with Crippen molar-refractivity contribution in [2.24, 2.45) is 4.99 Å². The lowest BCUT2D eigenvalue weighted by Crippen LogP contribution is -2.41. The molecule has 0 fully saturated rings. The number of guanidine groups is 1. The second-order valence-electron chi connectivity index (χ2n) is 6.53. The Labute approximate surface area is 173 Å². The summed E-state index contributed by atoms with van der Waals surface area (Å²) >= 11 is 0. The van der Waals surface area contributed by atoms with Crippen LogP contribution in [0.25, 0.3) is 0 Å². The Balaban J connectivity index is 1.93. The van der Waals surface area contributed by atoms with Crippen molar-refractivity contribution in [2.75, 3.05) is 34.9 Å². The summed E-state index contributed by atoms with van der Waals surface area (Å²) in [6.45, 7) is 5.21. The number of nitrogens with zero attached hydrogens (tertiary/aromatic N) is 1. The molecule has 0 aliphatic rings. The fourth-order valence-corrected chi connectivity index (χ4v) is 2.83. The fraction of sp³-hybridized carbons (Fsp3) is 0.409. The van der Waals surface area contributed by atoms with Crippen LogP contribution in [0.15, 0.2) is 41.4 Å². The van der Waals surface area contributed by atoms with Crippen LogP contribution in [-0.2, 0) is 6.54 Å². The highest BCUT2D eigenvalue weighted by Crippen LogP contribution is 2.38. The molecule has 0 saturated heterocycles. The predicted octanol–water partition coefficient (Wildman–Crippen LogP) is 3.15. The van der Waals surface area contributed by atoms with E-state index in [1.54, 1.807) is 28.4 Å². The average Bonchev–Trinajstić information content (AvgIpc) is 2.74. The Morgan fingerprint density at radius 1 is 0.966 bits per heavy atom. The minimum atomic E-state index is -0.0178. The molecule has 7 heteroatoms. The standard InChI is InChI=1S/C22H31N3O4/c1-15-9-7-8-10-18(15)29-16(2)13-24-22(23-3)25-14-17-11-19(26-4)21(28-6)20(12-17)27-5/h7-12,16H,13-14H2,1-6H3,(H2,23,24,25). The first-order valence-electron chi connectivity index (χ1n) is 9.48. The van der Waals surface area contributed by atoms with Gasteiger partial charge in [0.25, 0.3) is 0 Å². The summed E-state index contributed by atoms with van der Waals surface area (Å²) in [5.74, 6) is 3.38. The number of para-hydroxylation sites is 1. The van der Waals surface area contributed by atoms with Gasteiger partial charge in [-0.25, -0.2) is 0 Å². The van der Waals surface area contributed by atoms with Gasteiger partial charge in [-0.1, -0.05) is 18.2 Å². The molecule has 1 unspecified atom stereocenters. The van der Waals surface area contributed by atoms with Crippen molar-refractivity contribution in [1.82, 2.24) is 10.6 Å². The van der Waals surface area contributed by atoms with E-state index in [-0.39, 0.29) is 6.10 Å². The smallest absolute Gasteiger partial charge is 0.203 e. The van der Waals surface area contributed by atoms with E-state index in [2.05, 4.69) is 15.6 Å². The molecule has 0 saturated carbocycles. The van der Waals surface area contributed by atoms with Crippen LogP contribution in [0.1, 0.15) is 18.1 Å². The van der Waals surface area contributed by atoms with Gasteiger partial charge in [0.05, 0.1) is 27.9 Å². The molecule has 0 aliphatic carbocycles. The third-order valence-electron chi connectivity index (χ3n) is 4.39. The second kappa shape index (κ2) is 11.0. The molecule has 158 valence electrons. The zero-order valence-electron chi connectivity index (χ0n) is 18.0. The van der Waals surface area contributed by atoms with Gasteiger partial charge in [0.15, 0.2) is 17.5 Å². The van der Waals surface area contributed by atoms with Gasteiger partial charge in [0.1, 0.15) is 11.9 Å². The lowest BCUT2D eigenvalue weighted by molar-refractivity contribution is 0.222. The molecule has 0 bridgehead atoms. The molecular formula is C22H31N3O4. The van der Waals surface area contributed by atoms with Crippen molar-refractivity contribution in [2.45, 2.75) is 26.5 Å². The maximum atomic E-state index is 6.00. The van der Waals surface area contributed by atoms with Crippen molar-refractivity contribution in [1.29, 1.82) is 0 Å². The maximum Gasteiger partial charge on any atom is 0.203 e. The summed E-state index contributed by atoms with van der Waals surface area (Å²) in [6.07, 6.45) is -0.0178. The highest BCUT2D eigenvalue weighted by molar-refractivity contribution is 5.79. The van der Waals surface area contributed by atoms with Crippen LogP contribution in [0.2, 0.25) is 0 Å². The number of benzene rings is 2. The Hall–Kier alpha value is -3.09. The van der Waals surface area contributed by atoms with Gasteiger partial charge in [-0.15, -0.1) is 0 Å². The molecule has 2 aromatic rings. The van der Waals surface area contributed by atoms with Crippen LogP contribution < -0.4 is 29.6 Å². The number of ether oxygens (including phenoxy) is 4. The lowest BCUT2D eigenvalue weighted by Gasteiger charge is -2.19. The molecule has 1 atom stereocenters. The third-order valence-corrected chi connectivity index (χ3v) is 4.39. The van der Waals surface area contributed by atoms with Gasteiger partial charge in [0.2, 0.25) is 5.75 Å². The molecule has 2 rings (SSSR count). The lowest BCUT2D eigenvalue weighted by atomic mass is 10.2. The third kappa shape index (κ3) is 6.20. The highest BCUT2D eigenvalue weighted by Gasteiger charge is 2.13. The first-order valence-corrected chi connectivity index (χ1v) is 9.48. The van der Waals surface area contributed by atoms with Crippen LogP contribution >= 0.6 is 0 Å². The Bertz CT molecular complexity index is 798. The molecule has 2 aromatic carbocycles. The Morgan fingerprint density at radius 2 is 1.62 bits per heavy atom. The zero-order valence-corrected chi connectivity index (χ0v) is 18.0. The second-order valence-corrected chi connectivity index (χ2v) is 6.53. The number of aryl methyl sites for hydroxylation is 1. The fourth-order valence-electron chi connectivity index (χ4n) is 2.83. The minimum Gasteiger partial charge on any atom is -0.493 e. The van der Waals surface area contributed by atoms with Gasteiger partial charge in [-0.2, -0.15) is 0 Å². The van der Waals surface area contributed by atoms with Gasteiger partial charge < -0.3 is 29.6 Å². The van der Waals surface area contributed by atoms with E-state index in [9.17, 15) is 0 Å². The summed E-state index contributed by atoms with van der Waals surface area (Å²) in [7, 11) is 6.53. The molecule has 0 amide bonds. The molecule has 0 aliphatic heterocycles. The first-order chi connectivity index (χ1) is 14.0. The quantitative estimate of drug-likeness (QED) is 0.497. The van der Waals surface area contributed by atoms with Crippen molar-refractivity contribution in [3.8, 4) is 23.0 Å². The number of nitrogens with one attached hydrogen (secondary N) is 2. The summed E-state index contributed by atoms with van der Waals surface area (Å²) in [4.78, 5) is 4.27. The van der Waals surface area contributed by atoms with E-state index in [1.165, 1.54) is 0 Å². The predicted molar refractivity (Wildman–Crippen MR) is 116 cm³/mol. The number of rotatable bonds is 9. The number of hydrogen-bond acceptors (Lipinski definition) is 5. The number of methoxy groups -OCH3 is 3. The largest absolute Gasteiger partial charge is 0.493 e. The molecular weight excluding hydrogens is 370 g/mol. The van der Waals surface area contributed by atoms with E-state index in [0.29, 0.717) is 36.3 Å². The first kappa shape index (κ1) is 22.2. The normalized spacial score (nSPS) is 12.1. The van der Waals surface area contributed by atoms with Crippen LogP contribution in [0.4, 0.5) is 0 Å². The molecule has 0 heterocycles. The molecule has 2 N–H and O–H groups in total. The Kier molecular flexibility index (Phi) is 8.45. The maximum absolute atomic E-state index is 6.00. The van der Waals surface area contributed by atoms with Crippen LogP contribution in [-0.4, -0.2) is 47.0 Å². The van der Waals surface area contributed by atoms with Crippen LogP contribution in [0.3, 0.4) is 0 Å². The van der Waals surface area contributed by atoms with Crippen LogP contribution in [0, 0.1) is 6.92 Å².